The van der Waals surface area contributed by atoms with Crippen molar-refractivity contribution in [2.24, 2.45) is 21.8 Å². The quantitative estimate of drug-likeness (QED) is 0.738. The lowest BCUT2D eigenvalue weighted by atomic mass is 9.70. The van der Waals surface area contributed by atoms with Crippen molar-refractivity contribution in [3.8, 4) is 5.75 Å². The molecular formula is C23H29N3O3. The number of benzene rings is 1. The van der Waals surface area contributed by atoms with Crippen LogP contribution in [0.5, 0.6) is 5.75 Å². The molecule has 0 unspecified atom stereocenters. The molecule has 1 aromatic heterocycles. The number of carbonyl (C=O) groups excluding carboxylic acids is 1. The smallest absolute Gasteiger partial charge is 0.271 e. The van der Waals surface area contributed by atoms with E-state index in [1.807, 2.05) is 26.0 Å². The van der Waals surface area contributed by atoms with Crippen molar-refractivity contribution in [2.45, 2.75) is 60.5 Å². The zero-order valence-electron chi connectivity index (χ0n) is 17.8. The maximum atomic E-state index is 12.7. The van der Waals surface area contributed by atoms with Crippen LogP contribution < -0.4 is 10.2 Å². The minimum Gasteiger partial charge on any atom is -0.489 e. The molecule has 0 saturated heterocycles. The molecule has 1 amide bonds. The van der Waals surface area contributed by atoms with Gasteiger partial charge in [-0.05, 0) is 62.6 Å². The summed E-state index contributed by atoms with van der Waals surface area (Å²) in [5.41, 5.74) is 6.48. The topological polar surface area (TPSA) is 76.7 Å². The SMILES string of the molecule is Cc1noc(C)c1COc1cccc(C(=O)N/N=C2/C[C@H]3CC[C@]2(C)C3(C)C)c1. The summed E-state index contributed by atoms with van der Waals surface area (Å²) < 4.78 is 11.0. The molecule has 6 nitrogen and oxygen atoms in total. The van der Waals surface area contributed by atoms with Gasteiger partial charge in [0, 0.05) is 16.7 Å². The highest BCUT2D eigenvalue weighted by atomic mass is 16.5. The highest BCUT2D eigenvalue weighted by Gasteiger charge is 2.60. The fraction of sp³-hybridized carbons (Fsp3) is 0.522. The van der Waals surface area contributed by atoms with Crippen molar-refractivity contribution in [2.75, 3.05) is 0 Å². The molecule has 29 heavy (non-hydrogen) atoms. The van der Waals surface area contributed by atoms with Gasteiger partial charge in [-0.3, -0.25) is 4.79 Å². The Kier molecular flexibility index (Phi) is 4.75. The van der Waals surface area contributed by atoms with E-state index in [9.17, 15) is 4.79 Å². The van der Waals surface area contributed by atoms with Gasteiger partial charge in [0.05, 0.1) is 11.3 Å². The van der Waals surface area contributed by atoms with Crippen LogP contribution in [0.15, 0.2) is 33.9 Å². The standard InChI is InChI=1S/C23H29N3O3/c1-14-19(15(2)29-26-14)13-28-18-8-6-7-16(11-18)21(27)25-24-20-12-17-9-10-23(20,5)22(17,3)4/h6-8,11,17H,9-10,12-13H2,1-5H3,(H,25,27)/b24-20-/t17-,23+/m1/s1. The summed E-state index contributed by atoms with van der Waals surface area (Å²) in [6.07, 6.45) is 3.37. The van der Waals surface area contributed by atoms with E-state index in [-0.39, 0.29) is 16.7 Å². The van der Waals surface area contributed by atoms with E-state index in [0.29, 0.717) is 23.8 Å². The highest BCUT2D eigenvalue weighted by molar-refractivity contribution is 5.98. The van der Waals surface area contributed by atoms with Crippen LogP contribution in [0.3, 0.4) is 0 Å². The van der Waals surface area contributed by atoms with Gasteiger partial charge in [0.15, 0.2) is 0 Å². The fourth-order valence-corrected chi connectivity index (χ4v) is 4.87. The first kappa shape index (κ1) is 19.7. The van der Waals surface area contributed by atoms with E-state index < -0.39 is 0 Å². The predicted octanol–water partition coefficient (Wildman–Crippen LogP) is 4.80. The summed E-state index contributed by atoms with van der Waals surface area (Å²) in [5, 5.41) is 8.48. The molecule has 4 rings (SSSR count). The van der Waals surface area contributed by atoms with Gasteiger partial charge in [-0.25, -0.2) is 5.43 Å². The Bertz CT molecular complexity index is 956. The second kappa shape index (κ2) is 7.01. The first-order valence-electron chi connectivity index (χ1n) is 10.2. The average Bonchev–Trinajstić information content (AvgIpc) is 3.20. The summed E-state index contributed by atoms with van der Waals surface area (Å²) in [6.45, 7) is 11.0. The lowest BCUT2D eigenvalue weighted by Gasteiger charge is -2.34. The van der Waals surface area contributed by atoms with Crippen molar-refractivity contribution in [3.63, 3.8) is 0 Å². The molecule has 154 valence electrons. The summed E-state index contributed by atoms with van der Waals surface area (Å²) in [7, 11) is 0. The Morgan fingerprint density at radius 1 is 1.34 bits per heavy atom. The molecule has 2 aliphatic rings. The van der Waals surface area contributed by atoms with E-state index in [4.69, 9.17) is 9.26 Å². The van der Waals surface area contributed by atoms with Crippen LogP contribution in [0.25, 0.3) is 0 Å². The van der Waals surface area contributed by atoms with Crippen molar-refractivity contribution in [1.82, 2.24) is 10.6 Å². The maximum absolute atomic E-state index is 12.7. The number of hydrogen-bond acceptors (Lipinski definition) is 5. The van der Waals surface area contributed by atoms with Crippen molar-refractivity contribution in [3.05, 3.63) is 46.8 Å². The number of ether oxygens (including phenoxy) is 1. The molecule has 6 heteroatoms. The molecule has 2 aromatic rings. The van der Waals surface area contributed by atoms with E-state index in [1.54, 1.807) is 12.1 Å². The Morgan fingerprint density at radius 2 is 2.14 bits per heavy atom. The first-order chi connectivity index (χ1) is 13.7. The number of hydrogen-bond donors (Lipinski definition) is 1. The van der Waals surface area contributed by atoms with E-state index in [1.165, 1.54) is 6.42 Å². The van der Waals surface area contributed by atoms with Gasteiger partial charge >= 0.3 is 0 Å². The molecule has 1 heterocycles. The lowest BCUT2D eigenvalue weighted by molar-refractivity contribution is 0.0953. The second-order valence-electron chi connectivity index (χ2n) is 9.11. The highest BCUT2D eigenvalue weighted by Crippen LogP contribution is 2.63. The number of nitrogens with zero attached hydrogens (tertiary/aromatic N) is 2. The number of rotatable bonds is 5. The third kappa shape index (κ3) is 3.24. The normalized spacial score (nSPS) is 26.1. The van der Waals surface area contributed by atoms with Gasteiger partial charge < -0.3 is 9.26 Å². The third-order valence-electron chi connectivity index (χ3n) is 7.47. The van der Waals surface area contributed by atoms with Crippen molar-refractivity contribution >= 4 is 11.6 Å². The number of fused-ring (bicyclic) bond motifs is 2. The molecule has 2 saturated carbocycles. The van der Waals surface area contributed by atoms with Gasteiger partial charge in [0.25, 0.3) is 5.91 Å². The maximum Gasteiger partial charge on any atom is 0.271 e. The van der Waals surface area contributed by atoms with Crippen molar-refractivity contribution < 1.29 is 14.1 Å². The number of aromatic nitrogens is 1. The zero-order valence-corrected chi connectivity index (χ0v) is 17.8. The molecular weight excluding hydrogens is 366 g/mol. The monoisotopic (exact) mass is 395 g/mol. The van der Waals surface area contributed by atoms with Crippen LogP contribution in [0.2, 0.25) is 0 Å². The van der Waals surface area contributed by atoms with Gasteiger partial charge in [-0.1, -0.05) is 32.0 Å². The predicted molar refractivity (Wildman–Crippen MR) is 111 cm³/mol. The summed E-state index contributed by atoms with van der Waals surface area (Å²) in [5.74, 6) is 1.81. The molecule has 2 aliphatic carbocycles. The summed E-state index contributed by atoms with van der Waals surface area (Å²) in [6, 6.07) is 7.15. The molecule has 1 aromatic carbocycles. The number of amides is 1. The molecule has 1 N–H and O–H groups in total. The number of nitrogens with one attached hydrogen (secondary N) is 1. The van der Waals surface area contributed by atoms with Crippen LogP contribution in [0, 0.1) is 30.6 Å². The fourth-order valence-electron chi connectivity index (χ4n) is 4.87. The minimum atomic E-state index is -0.218. The van der Waals surface area contributed by atoms with Crippen LogP contribution >= 0.6 is 0 Å². The van der Waals surface area contributed by atoms with Gasteiger partial charge in [-0.15, -0.1) is 0 Å². The van der Waals surface area contributed by atoms with Crippen molar-refractivity contribution in [1.29, 1.82) is 0 Å². The Morgan fingerprint density at radius 3 is 2.76 bits per heavy atom. The van der Waals surface area contributed by atoms with Crippen LogP contribution in [0.4, 0.5) is 0 Å². The van der Waals surface area contributed by atoms with Gasteiger partial charge in [0.2, 0.25) is 0 Å². The molecule has 0 aliphatic heterocycles. The van der Waals surface area contributed by atoms with Crippen LogP contribution in [0.1, 0.15) is 67.4 Å². The van der Waals surface area contributed by atoms with E-state index in [2.05, 4.69) is 36.5 Å². The summed E-state index contributed by atoms with van der Waals surface area (Å²) in [4.78, 5) is 12.7. The first-order valence-corrected chi connectivity index (χ1v) is 10.2. The molecule has 2 atom stereocenters. The Balaban J connectivity index is 1.43. The minimum absolute atomic E-state index is 0.0737. The van der Waals surface area contributed by atoms with Gasteiger partial charge in [0.1, 0.15) is 18.1 Å². The van der Waals surface area contributed by atoms with Crippen LogP contribution in [-0.2, 0) is 6.61 Å². The number of hydrazone groups is 1. The third-order valence-corrected chi connectivity index (χ3v) is 7.47. The molecule has 0 radical (unpaired) electrons. The van der Waals surface area contributed by atoms with Crippen LogP contribution in [-0.4, -0.2) is 16.8 Å². The summed E-state index contributed by atoms with van der Waals surface area (Å²) >= 11 is 0. The Labute approximate surface area is 171 Å². The number of carbonyl (C=O) groups is 1. The molecule has 2 fully saturated rings. The average molecular weight is 396 g/mol. The van der Waals surface area contributed by atoms with E-state index >= 15 is 0 Å². The number of aryl methyl sites for hydroxylation is 2. The van der Waals surface area contributed by atoms with Gasteiger partial charge in [-0.2, -0.15) is 5.10 Å². The molecule has 2 bridgehead atoms. The second-order valence-corrected chi connectivity index (χ2v) is 9.11. The Hall–Kier alpha value is -2.63. The zero-order chi connectivity index (χ0) is 20.8. The molecule has 0 spiro atoms. The largest absolute Gasteiger partial charge is 0.489 e. The lowest BCUT2D eigenvalue weighted by Crippen LogP contribution is -2.34. The van der Waals surface area contributed by atoms with E-state index in [0.717, 1.165) is 35.6 Å².